The number of carbonyl (C=O) groups excluding carboxylic acids is 1. The smallest absolute Gasteiger partial charge is 0.253 e. The van der Waals surface area contributed by atoms with Crippen molar-refractivity contribution in [1.82, 2.24) is 19.8 Å². The van der Waals surface area contributed by atoms with E-state index in [9.17, 15) is 4.79 Å². The van der Waals surface area contributed by atoms with Crippen molar-refractivity contribution in [3.8, 4) is 22.8 Å². The fourth-order valence-electron chi connectivity index (χ4n) is 5.01. The highest BCUT2D eigenvalue weighted by Crippen LogP contribution is 2.29. The van der Waals surface area contributed by atoms with Crippen LogP contribution in [0, 0.1) is 0 Å². The Balaban J connectivity index is 1.31. The molecule has 1 aliphatic rings. The second-order valence-corrected chi connectivity index (χ2v) is 11.6. The second kappa shape index (κ2) is 14.4. The minimum Gasteiger partial charge on any atom is -0.493 e. The number of thioether (sulfide) groups is 1. The third-order valence-corrected chi connectivity index (χ3v) is 8.59. The molecule has 0 aliphatic carbocycles. The number of nitrogens with zero attached hydrogens (tertiary/aromatic N) is 5. The summed E-state index contributed by atoms with van der Waals surface area (Å²) < 4.78 is 10.9. The lowest BCUT2D eigenvalue weighted by molar-refractivity contribution is 0.0664. The first-order valence-corrected chi connectivity index (χ1v) is 15.5. The minimum absolute atomic E-state index is 0.0978. The monoisotopic (exact) mass is 597 g/mol. The van der Waals surface area contributed by atoms with Crippen LogP contribution in [0.5, 0.6) is 11.5 Å². The topological polar surface area (TPSA) is 71.0 Å². The molecule has 0 saturated carbocycles. The highest BCUT2D eigenvalue weighted by atomic mass is 32.2. The van der Waals surface area contributed by atoms with E-state index in [1.807, 2.05) is 59.5 Å². The van der Waals surface area contributed by atoms with Crippen LogP contribution in [0.2, 0.25) is 0 Å². The van der Waals surface area contributed by atoms with Crippen LogP contribution in [0.25, 0.3) is 11.3 Å². The lowest BCUT2D eigenvalue weighted by Gasteiger charge is -2.32. The lowest BCUT2D eigenvalue weighted by atomic mass is 10.1. The van der Waals surface area contributed by atoms with Crippen molar-refractivity contribution in [2.75, 3.05) is 65.9 Å². The Morgan fingerprint density at radius 3 is 2.37 bits per heavy atom. The van der Waals surface area contributed by atoms with Crippen LogP contribution in [-0.2, 0) is 12.2 Å². The molecule has 224 valence electrons. The fourth-order valence-corrected chi connectivity index (χ4v) is 5.81. The average molecular weight is 598 g/mol. The summed E-state index contributed by atoms with van der Waals surface area (Å²) in [5.41, 5.74) is 4.88. The molecule has 1 fully saturated rings. The molecule has 43 heavy (non-hydrogen) atoms. The number of anilines is 1. The van der Waals surface area contributed by atoms with Gasteiger partial charge in [-0.2, -0.15) is 0 Å². The number of piperazine rings is 1. The summed E-state index contributed by atoms with van der Waals surface area (Å²) in [6.45, 7) is 4.09. The molecule has 0 unspecified atom stereocenters. The number of carbonyl (C=O) groups is 1. The molecule has 0 spiro atoms. The molecular weight excluding hydrogens is 558 g/mol. The maximum absolute atomic E-state index is 13.1. The molecule has 0 N–H and O–H groups in total. The Morgan fingerprint density at radius 2 is 1.63 bits per heavy atom. The van der Waals surface area contributed by atoms with Gasteiger partial charge >= 0.3 is 0 Å². The number of benzene rings is 3. The molecule has 9 heteroatoms. The molecule has 1 aromatic heterocycles. The largest absolute Gasteiger partial charge is 0.493 e. The predicted octanol–water partition coefficient (Wildman–Crippen LogP) is 5.52. The summed E-state index contributed by atoms with van der Waals surface area (Å²) in [6, 6.07) is 26.2. The number of aromatic nitrogens is 2. The van der Waals surface area contributed by atoms with E-state index in [0.717, 1.165) is 84.4 Å². The van der Waals surface area contributed by atoms with Crippen LogP contribution in [0.4, 0.5) is 5.82 Å². The molecule has 0 radical (unpaired) electrons. The number of hydrogen-bond donors (Lipinski definition) is 0. The molecule has 4 aromatic rings. The Kier molecular flexibility index (Phi) is 10.2. The third kappa shape index (κ3) is 7.86. The van der Waals surface area contributed by atoms with Gasteiger partial charge in [0.15, 0.2) is 16.7 Å². The Bertz CT molecular complexity index is 1530. The molecule has 3 aromatic carbocycles. The zero-order valence-corrected chi connectivity index (χ0v) is 26.1. The fraction of sp³-hybridized carbons (Fsp3) is 0.324. The zero-order valence-electron chi connectivity index (χ0n) is 25.3. The van der Waals surface area contributed by atoms with Gasteiger partial charge in [-0.3, -0.25) is 4.79 Å². The maximum atomic E-state index is 13.1. The number of rotatable bonds is 11. The van der Waals surface area contributed by atoms with Crippen molar-refractivity contribution in [2.45, 2.75) is 17.3 Å². The lowest BCUT2D eigenvalue weighted by Crippen LogP contribution is -2.47. The van der Waals surface area contributed by atoms with Crippen molar-refractivity contribution in [3.05, 3.63) is 95.6 Å². The minimum atomic E-state index is 0.0978. The summed E-state index contributed by atoms with van der Waals surface area (Å²) in [5.74, 6) is 3.07. The maximum Gasteiger partial charge on any atom is 0.253 e. The highest BCUT2D eigenvalue weighted by Gasteiger charge is 2.20. The van der Waals surface area contributed by atoms with E-state index in [-0.39, 0.29) is 5.91 Å². The van der Waals surface area contributed by atoms with Crippen LogP contribution in [0.15, 0.2) is 84.0 Å². The predicted molar refractivity (Wildman–Crippen MR) is 173 cm³/mol. The Hall–Kier alpha value is -4.08. The van der Waals surface area contributed by atoms with E-state index >= 15 is 0 Å². The van der Waals surface area contributed by atoms with Gasteiger partial charge in [-0.1, -0.05) is 60.3 Å². The molecule has 1 amide bonds. The first-order valence-electron chi connectivity index (χ1n) is 14.5. The van der Waals surface area contributed by atoms with Gasteiger partial charge in [0.1, 0.15) is 5.82 Å². The van der Waals surface area contributed by atoms with Crippen LogP contribution >= 0.6 is 11.8 Å². The van der Waals surface area contributed by atoms with E-state index in [4.69, 9.17) is 19.4 Å². The number of likely N-dealkylation sites (N-methyl/N-ethyl adjacent to an activating group) is 2. The zero-order chi connectivity index (χ0) is 30.2. The van der Waals surface area contributed by atoms with E-state index in [1.165, 1.54) is 0 Å². The summed E-state index contributed by atoms with van der Waals surface area (Å²) in [5, 5.41) is 0.699. The summed E-state index contributed by atoms with van der Waals surface area (Å²) in [7, 11) is 7.45. The van der Waals surface area contributed by atoms with Crippen molar-refractivity contribution in [1.29, 1.82) is 0 Å². The third-order valence-electron chi connectivity index (χ3n) is 7.67. The highest BCUT2D eigenvalue weighted by molar-refractivity contribution is 7.98. The molecule has 0 atom stereocenters. The Morgan fingerprint density at radius 1 is 0.860 bits per heavy atom. The molecule has 0 bridgehead atoms. The van der Waals surface area contributed by atoms with E-state index in [2.05, 4.69) is 48.2 Å². The molecule has 1 aliphatic heterocycles. The first kappa shape index (κ1) is 30.4. The number of methoxy groups -OCH3 is 2. The van der Waals surface area contributed by atoms with Crippen LogP contribution in [0.3, 0.4) is 0 Å². The van der Waals surface area contributed by atoms with Crippen molar-refractivity contribution >= 4 is 23.5 Å². The van der Waals surface area contributed by atoms with Gasteiger partial charge in [-0.25, -0.2) is 9.97 Å². The van der Waals surface area contributed by atoms with Crippen LogP contribution in [-0.4, -0.2) is 86.7 Å². The average Bonchev–Trinajstić information content (AvgIpc) is 3.06. The molecule has 8 nitrogen and oxygen atoms in total. The first-order chi connectivity index (χ1) is 20.9. The summed E-state index contributed by atoms with van der Waals surface area (Å²) in [4.78, 5) is 29.4. The standard InChI is InChI=1S/C34H39N5O3S/c1-37-17-19-39(20-18-37)33(40)28-12-8-9-26(21-28)24-43-34-35-29(27-10-6-5-7-11-27)23-32(36-34)38(2)16-15-25-13-14-30(41-3)31(22-25)42-4/h5-14,21-23H,15-20,24H2,1-4H3. The van der Waals surface area contributed by atoms with Gasteiger partial charge in [-0.15, -0.1) is 0 Å². The second-order valence-electron chi connectivity index (χ2n) is 10.7. The summed E-state index contributed by atoms with van der Waals surface area (Å²) >= 11 is 1.58. The van der Waals surface area contributed by atoms with Crippen LogP contribution < -0.4 is 14.4 Å². The van der Waals surface area contributed by atoms with Crippen molar-refractivity contribution in [2.24, 2.45) is 0 Å². The Labute approximate surface area is 258 Å². The quantitative estimate of drug-likeness (QED) is 0.165. The van der Waals surface area contributed by atoms with E-state index < -0.39 is 0 Å². The van der Waals surface area contributed by atoms with Crippen molar-refractivity contribution < 1.29 is 14.3 Å². The van der Waals surface area contributed by atoms with E-state index in [1.54, 1.807) is 26.0 Å². The van der Waals surface area contributed by atoms with Gasteiger partial charge in [0.25, 0.3) is 5.91 Å². The SMILES string of the molecule is COc1ccc(CCN(C)c2cc(-c3ccccc3)nc(SCc3cccc(C(=O)N4CCN(C)CC4)c3)n2)cc1OC. The van der Waals surface area contributed by atoms with Gasteiger partial charge in [0, 0.05) is 62.7 Å². The van der Waals surface area contributed by atoms with Crippen molar-refractivity contribution in [3.63, 3.8) is 0 Å². The van der Waals surface area contributed by atoms with Gasteiger partial charge < -0.3 is 24.2 Å². The van der Waals surface area contributed by atoms with Gasteiger partial charge in [0.05, 0.1) is 19.9 Å². The number of ether oxygens (including phenoxy) is 2. The van der Waals surface area contributed by atoms with E-state index in [0.29, 0.717) is 10.9 Å². The molecular formula is C34H39N5O3S. The van der Waals surface area contributed by atoms with Gasteiger partial charge in [-0.05, 0) is 48.9 Å². The number of amides is 1. The van der Waals surface area contributed by atoms with Gasteiger partial charge in [0.2, 0.25) is 0 Å². The van der Waals surface area contributed by atoms with Crippen LogP contribution in [0.1, 0.15) is 21.5 Å². The molecule has 2 heterocycles. The summed E-state index contributed by atoms with van der Waals surface area (Å²) in [6.07, 6.45) is 0.818. The normalized spacial score (nSPS) is 13.5. The number of hydrogen-bond acceptors (Lipinski definition) is 8. The molecule has 1 saturated heterocycles. The molecule has 5 rings (SSSR count).